The van der Waals surface area contributed by atoms with Gasteiger partial charge in [-0.05, 0) is 25.5 Å². The van der Waals surface area contributed by atoms with Crippen LogP contribution in [0.2, 0.25) is 0 Å². The number of rotatable bonds is 7. The molecule has 0 amide bonds. The standard InChI is InChI=1S/C27H37N9O2/c1-4-20(18-37)34-11-9-33(10-12-34)17-23-29-24-25(32(23)3)30-27(31-26(24)35-13-15-38-16-14-35)36-19(2)28-21-7-5-6-8-22(21)36/h5-8,20,37H,4,9-18H2,1-3H3/t20-/m0/s1. The summed E-state index contributed by atoms with van der Waals surface area (Å²) >= 11 is 0. The monoisotopic (exact) mass is 519 g/mol. The lowest BCUT2D eigenvalue weighted by atomic mass is 10.1. The molecule has 0 spiro atoms. The van der Waals surface area contributed by atoms with Gasteiger partial charge in [-0.1, -0.05) is 19.1 Å². The highest BCUT2D eigenvalue weighted by Gasteiger charge is 2.26. The van der Waals surface area contributed by atoms with Crippen LogP contribution in [-0.4, -0.2) is 109 Å². The Labute approximate surface area is 222 Å². The zero-order valence-electron chi connectivity index (χ0n) is 22.5. The van der Waals surface area contributed by atoms with Gasteiger partial charge >= 0.3 is 0 Å². The highest BCUT2D eigenvalue weighted by molar-refractivity contribution is 5.86. The van der Waals surface area contributed by atoms with Gasteiger partial charge in [-0.3, -0.25) is 14.4 Å². The van der Waals surface area contributed by atoms with E-state index in [0.29, 0.717) is 19.2 Å². The number of anilines is 1. The number of aliphatic hydroxyl groups excluding tert-OH is 1. The van der Waals surface area contributed by atoms with Crippen molar-refractivity contribution < 1.29 is 9.84 Å². The van der Waals surface area contributed by atoms with E-state index in [-0.39, 0.29) is 12.6 Å². The summed E-state index contributed by atoms with van der Waals surface area (Å²) in [4.78, 5) is 27.1. The number of hydrogen-bond donors (Lipinski definition) is 1. The van der Waals surface area contributed by atoms with E-state index in [9.17, 15) is 5.11 Å². The van der Waals surface area contributed by atoms with Crippen LogP contribution in [-0.2, 0) is 18.3 Å². The number of aryl methyl sites for hydroxylation is 2. The number of aliphatic hydroxyl groups is 1. The third kappa shape index (κ3) is 4.53. The second-order valence-electron chi connectivity index (χ2n) is 10.2. The second kappa shape index (κ2) is 10.6. The summed E-state index contributed by atoms with van der Waals surface area (Å²) in [6.07, 6.45) is 0.970. The predicted molar refractivity (Wildman–Crippen MR) is 147 cm³/mol. The fourth-order valence-corrected chi connectivity index (χ4v) is 5.71. The quantitative estimate of drug-likeness (QED) is 0.391. The summed E-state index contributed by atoms with van der Waals surface area (Å²) < 4.78 is 9.79. The van der Waals surface area contributed by atoms with Crippen molar-refractivity contribution in [3.8, 4) is 5.95 Å². The minimum absolute atomic E-state index is 0.220. The van der Waals surface area contributed by atoms with Crippen LogP contribution in [0.1, 0.15) is 25.0 Å². The van der Waals surface area contributed by atoms with Crippen LogP contribution in [0.4, 0.5) is 5.82 Å². The Bertz CT molecular complexity index is 1410. The minimum Gasteiger partial charge on any atom is -0.395 e. The molecule has 6 rings (SSSR count). The molecule has 0 saturated carbocycles. The van der Waals surface area contributed by atoms with Gasteiger partial charge in [-0.2, -0.15) is 9.97 Å². The number of piperazine rings is 1. The molecule has 0 bridgehead atoms. The number of morpholine rings is 1. The molecule has 202 valence electrons. The molecule has 2 aliphatic rings. The highest BCUT2D eigenvalue weighted by atomic mass is 16.5. The fraction of sp³-hybridized carbons (Fsp3) is 0.556. The predicted octanol–water partition coefficient (Wildman–Crippen LogP) is 1.74. The lowest BCUT2D eigenvalue weighted by molar-refractivity contribution is 0.0596. The number of fused-ring (bicyclic) bond motifs is 2. The Kier molecular flexibility index (Phi) is 7.00. The Hall–Kier alpha value is -3.12. The van der Waals surface area contributed by atoms with E-state index in [0.717, 1.165) is 91.9 Å². The van der Waals surface area contributed by atoms with Crippen molar-refractivity contribution in [1.82, 2.24) is 38.9 Å². The SMILES string of the molecule is CC[C@@H](CO)N1CCN(Cc2nc3c(N4CCOCC4)nc(-n4c(C)nc5ccccc54)nc3n2C)CC1. The lowest BCUT2D eigenvalue weighted by Crippen LogP contribution is -2.51. The van der Waals surface area contributed by atoms with Gasteiger partial charge in [0.1, 0.15) is 11.6 Å². The van der Waals surface area contributed by atoms with Crippen LogP contribution in [0.5, 0.6) is 0 Å². The maximum Gasteiger partial charge on any atom is 0.239 e. The molecule has 1 aromatic carbocycles. The lowest BCUT2D eigenvalue weighted by Gasteiger charge is -2.38. The zero-order chi connectivity index (χ0) is 26.2. The molecule has 1 atom stereocenters. The minimum atomic E-state index is 0.220. The molecule has 0 aliphatic carbocycles. The Balaban J connectivity index is 1.37. The van der Waals surface area contributed by atoms with E-state index in [4.69, 9.17) is 24.7 Å². The Morgan fingerprint density at radius 1 is 0.974 bits per heavy atom. The number of aromatic nitrogens is 6. The van der Waals surface area contributed by atoms with Crippen molar-refractivity contribution in [2.75, 3.05) is 64.0 Å². The molecular weight excluding hydrogens is 482 g/mol. The molecule has 0 unspecified atom stereocenters. The smallest absolute Gasteiger partial charge is 0.239 e. The summed E-state index contributed by atoms with van der Waals surface area (Å²) in [5.41, 5.74) is 3.58. The summed E-state index contributed by atoms with van der Waals surface area (Å²) in [7, 11) is 2.05. The van der Waals surface area contributed by atoms with Gasteiger partial charge < -0.3 is 19.3 Å². The first kappa shape index (κ1) is 25.2. The van der Waals surface area contributed by atoms with Crippen molar-refractivity contribution in [3.05, 3.63) is 35.9 Å². The summed E-state index contributed by atoms with van der Waals surface area (Å²) in [5.74, 6) is 3.30. The van der Waals surface area contributed by atoms with Crippen LogP contribution in [0.15, 0.2) is 24.3 Å². The molecule has 2 aliphatic heterocycles. The molecule has 11 heteroatoms. The molecule has 1 N–H and O–H groups in total. The zero-order valence-corrected chi connectivity index (χ0v) is 22.5. The third-order valence-electron chi connectivity index (χ3n) is 7.99. The number of para-hydroxylation sites is 2. The average molecular weight is 520 g/mol. The molecule has 5 heterocycles. The molecule has 2 saturated heterocycles. The largest absolute Gasteiger partial charge is 0.395 e. The third-order valence-corrected chi connectivity index (χ3v) is 7.99. The number of ether oxygens (including phenoxy) is 1. The van der Waals surface area contributed by atoms with Crippen LogP contribution in [0.3, 0.4) is 0 Å². The van der Waals surface area contributed by atoms with Crippen LogP contribution in [0, 0.1) is 6.92 Å². The van der Waals surface area contributed by atoms with Crippen molar-refractivity contribution in [2.24, 2.45) is 7.05 Å². The van der Waals surface area contributed by atoms with E-state index in [1.54, 1.807) is 0 Å². The Morgan fingerprint density at radius 2 is 1.74 bits per heavy atom. The van der Waals surface area contributed by atoms with Crippen LogP contribution >= 0.6 is 0 Å². The van der Waals surface area contributed by atoms with Gasteiger partial charge in [0.05, 0.1) is 37.4 Å². The number of imidazole rings is 2. The van der Waals surface area contributed by atoms with E-state index in [2.05, 4.69) is 39.3 Å². The average Bonchev–Trinajstić information content (AvgIpc) is 3.45. The topological polar surface area (TPSA) is 101 Å². The van der Waals surface area contributed by atoms with Gasteiger partial charge in [-0.25, -0.2) is 9.97 Å². The normalized spacial score (nSPS) is 18.6. The van der Waals surface area contributed by atoms with E-state index >= 15 is 0 Å². The molecule has 4 aromatic rings. The first-order chi connectivity index (χ1) is 18.6. The first-order valence-electron chi connectivity index (χ1n) is 13.6. The maximum atomic E-state index is 9.70. The van der Waals surface area contributed by atoms with E-state index in [1.807, 2.05) is 29.7 Å². The first-order valence-corrected chi connectivity index (χ1v) is 13.6. The van der Waals surface area contributed by atoms with Gasteiger partial charge in [0.25, 0.3) is 0 Å². The van der Waals surface area contributed by atoms with Gasteiger partial charge in [0.2, 0.25) is 5.95 Å². The molecule has 2 fully saturated rings. The second-order valence-corrected chi connectivity index (χ2v) is 10.2. The summed E-state index contributed by atoms with van der Waals surface area (Å²) in [6, 6.07) is 8.35. The van der Waals surface area contributed by atoms with Crippen molar-refractivity contribution in [2.45, 2.75) is 32.9 Å². The van der Waals surface area contributed by atoms with Gasteiger partial charge in [0, 0.05) is 52.4 Å². The van der Waals surface area contributed by atoms with Crippen molar-refractivity contribution >= 4 is 28.0 Å². The summed E-state index contributed by atoms with van der Waals surface area (Å²) in [5, 5.41) is 9.70. The van der Waals surface area contributed by atoms with E-state index in [1.165, 1.54) is 0 Å². The number of benzene rings is 1. The van der Waals surface area contributed by atoms with Gasteiger partial charge in [-0.15, -0.1) is 0 Å². The highest BCUT2D eigenvalue weighted by Crippen LogP contribution is 2.28. The molecule has 38 heavy (non-hydrogen) atoms. The van der Waals surface area contributed by atoms with Crippen LogP contribution < -0.4 is 4.90 Å². The van der Waals surface area contributed by atoms with Crippen LogP contribution in [0.25, 0.3) is 28.1 Å². The number of hydrogen-bond acceptors (Lipinski definition) is 9. The fourth-order valence-electron chi connectivity index (χ4n) is 5.71. The van der Waals surface area contributed by atoms with Gasteiger partial charge in [0.15, 0.2) is 17.0 Å². The molecule has 11 nitrogen and oxygen atoms in total. The van der Waals surface area contributed by atoms with Crippen molar-refractivity contribution in [3.63, 3.8) is 0 Å². The molecular formula is C27H37N9O2. The molecule has 0 radical (unpaired) electrons. The summed E-state index contributed by atoms with van der Waals surface area (Å²) in [6.45, 7) is 11.8. The Morgan fingerprint density at radius 3 is 2.47 bits per heavy atom. The molecule has 3 aromatic heterocycles. The van der Waals surface area contributed by atoms with E-state index < -0.39 is 0 Å². The maximum absolute atomic E-state index is 9.70. The van der Waals surface area contributed by atoms with Crippen molar-refractivity contribution in [1.29, 1.82) is 0 Å². The number of nitrogens with zero attached hydrogens (tertiary/aromatic N) is 9.